The maximum atomic E-state index is 11.7. The number of amides is 1. The summed E-state index contributed by atoms with van der Waals surface area (Å²) in [6.45, 7) is 6.06. The first-order valence-corrected chi connectivity index (χ1v) is 5.42. The van der Waals surface area contributed by atoms with Gasteiger partial charge in [0.2, 0.25) is 0 Å². The first-order valence-electron chi connectivity index (χ1n) is 5.42. The van der Waals surface area contributed by atoms with Crippen LogP contribution in [0.15, 0.2) is 0 Å². The Morgan fingerprint density at radius 1 is 1.40 bits per heavy atom. The van der Waals surface area contributed by atoms with Gasteiger partial charge in [0.15, 0.2) is 5.78 Å². The minimum atomic E-state index is -0.484. The van der Waals surface area contributed by atoms with Crippen LogP contribution in [0.4, 0.5) is 4.79 Å². The monoisotopic (exact) mass is 211 g/mol. The van der Waals surface area contributed by atoms with Crippen molar-refractivity contribution in [3.8, 4) is 0 Å². The quantitative estimate of drug-likeness (QED) is 0.611. The first kappa shape index (κ1) is 10.5. The second kappa shape index (κ2) is 3.22. The van der Waals surface area contributed by atoms with Gasteiger partial charge in [0.25, 0.3) is 0 Å². The fraction of sp³-hybridized carbons (Fsp3) is 0.818. The van der Waals surface area contributed by atoms with Gasteiger partial charge in [-0.05, 0) is 33.6 Å². The average molecular weight is 211 g/mol. The number of ketones is 1. The number of rotatable bonds is 0. The van der Waals surface area contributed by atoms with Crippen molar-refractivity contribution in [2.24, 2.45) is 5.92 Å². The Kier molecular flexibility index (Phi) is 2.24. The van der Waals surface area contributed by atoms with E-state index in [1.807, 2.05) is 20.8 Å². The van der Waals surface area contributed by atoms with Gasteiger partial charge < -0.3 is 4.74 Å². The SMILES string of the molecule is CC(C)(C)OC(=O)N1C[C@H]2CC[C@H]1C2=O. The molecule has 0 aromatic rings. The number of Topliss-reactive ketones (excluding diaryl/α,β-unsaturated/α-hetero) is 1. The number of hydrogen-bond acceptors (Lipinski definition) is 3. The van der Waals surface area contributed by atoms with Gasteiger partial charge in [0.05, 0.1) is 6.04 Å². The molecule has 1 saturated carbocycles. The predicted molar refractivity (Wildman–Crippen MR) is 54.5 cm³/mol. The molecule has 1 saturated heterocycles. The Balaban J connectivity index is 2.02. The lowest BCUT2D eigenvalue weighted by atomic mass is 10.1. The molecule has 4 nitrogen and oxygen atoms in total. The Hall–Kier alpha value is -1.06. The zero-order valence-corrected chi connectivity index (χ0v) is 9.45. The molecule has 2 rings (SSSR count). The van der Waals surface area contributed by atoms with E-state index in [1.54, 1.807) is 4.90 Å². The number of nitrogens with zero attached hydrogens (tertiary/aromatic N) is 1. The highest BCUT2D eigenvalue weighted by atomic mass is 16.6. The van der Waals surface area contributed by atoms with Crippen molar-refractivity contribution >= 4 is 11.9 Å². The molecule has 4 heteroatoms. The van der Waals surface area contributed by atoms with E-state index >= 15 is 0 Å². The highest BCUT2D eigenvalue weighted by Gasteiger charge is 2.48. The number of piperidine rings is 1. The molecule has 0 aromatic carbocycles. The van der Waals surface area contributed by atoms with Crippen LogP contribution in [0.1, 0.15) is 33.6 Å². The van der Waals surface area contributed by atoms with E-state index in [0.717, 1.165) is 12.8 Å². The summed E-state index contributed by atoms with van der Waals surface area (Å²) in [5.74, 6) is 0.295. The van der Waals surface area contributed by atoms with Crippen LogP contribution in [0.25, 0.3) is 0 Å². The minimum absolute atomic E-state index is 0.0718. The molecular formula is C11H17NO3. The highest BCUT2D eigenvalue weighted by Crippen LogP contribution is 2.35. The molecule has 2 fully saturated rings. The van der Waals surface area contributed by atoms with E-state index in [1.165, 1.54) is 0 Å². The van der Waals surface area contributed by atoms with E-state index in [-0.39, 0.29) is 23.8 Å². The van der Waals surface area contributed by atoms with Crippen molar-refractivity contribution < 1.29 is 14.3 Å². The number of fused-ring (bicyclic) bond motifs is 2. The van der Waals surface area contributed by atoms with Gasteiger partial charge >= 0.3 is 6.09 Å². The standard InChI is InChI=1S/C11H17NO3/c1-11(2,3)15-10(14)12-6-7-4-5-8(12)9(7)13/h7-8H,4-6H2,1-3H3/t7-,8+/m1/s1. The molecule has 2 bridgehead atoms. The molecule has 1 aliphatic heterocycles. The van der Waals surface area contributed by atoms with Crippen LogP contribution in [-0.2, 0) is 9.53 Å². The Morgan fingerprint density at radius 2 is 2.07 bits per heavy atom. The molecule has 1 heterocycles. The van der Waals surface area contributed by atoms with E-state index in [4.69, 9.17) is 4.74 Å². The van der Waals surface area contributed by atoms with E-state index < -0.39 is 5.60 Å². The lowest BCUT2D eigenvalue weighted by molar-refractivity contribution is -0.120. The van der Waals surface area contributed by atoms with Crippen LogP contribution in [-0.4, -0.2) is 35.0 Å². The van der Waals surface area contributed by atoms with Crippen molar-refractivity contribution in [2.45, 2.75) is 45.3 Å². The minimum Gasteiger partial charge on any atom is -0.444 e. The van der Waals surface area contributed by atoms with Crippen molar-refractivity contribution in [1.29, 1.82) is 0 Å². The van der Waals surface area contributed by atoms with Crippen LogP contribution in [0, 0.1) is 5.92 Å². The molecule has 0 unspecified atom stereocenters. The molecule has 1 aliphatic carbocycles. The van der Waals surface area contributed by atoms with Crippen LogP contribution in [0.5, 0.6) is 0 Å². The Bertz CT molecular complexity index is 305. The van der Waals surface area contributed by atoms with Crippen LogP contribution >= 0.6 is 0 Å². The molecule has 0 spiro atoms. The van der Waals surface area contributed by atoms with Gasteiger partial charge in [-0.1, -0.05) is 0 Å². The number of carbonyl (C=O) groups is 2. The molecular weight excluding hydrogens is 194 g/mol. The maximum absolute atomic E-state index is 11.7. The zero-order valence-electron chi connectivity index (χ0n) is 9.45. The Labute approximate surface area is 89.6 Å². The topological polar surface area (TPSA) is 46.6 Å². The molecule has 0 aromatic heterocycles. The van der Waals surface area contributed by atoms with Crippen LogP contribution in [0.3, 0.4) is 0 Å². The van der Waals surface area contributed by atoms with Gasteiger partial charge in [-0.15, -0.1) is 0 Å². The first-order chi connectivity index (χ1) is 6.88. The summed E-state index contributed by atoms with van der Waals surface area (Å²) in [4.78, 5) is 24.9. The summed E-state index contributed by atoms with van der Waals surface area (Å²) in [7, 11) is 0. The number of hydrogen-bond donors (Lipinski definition) is 0. The van der Waals surface area contributed by atoms with Crippen molar-refractivity contribution in [1.82, 2.24) is 4.90 Å². The number of ether oxygens (including phenoxy) is 1. The third-order valence-electron chi connectivity index (χ3n) is 2.94. The average Bonchev–Trinajstić information content (AvgIpc) is 2.59. The summed E-state index contributed by atoms with van der Waals surface area (Å²) in [6, 6.07) is -0.204. The molecule has 2 aliphatic rings. The molecule has 2 atom stereocenters. The molecule has 0 radical (unpaired) electrons. The molecule has 0 N–H and O–H groups in total. The molecule has 1 amide bonds. The van der Waals surface area contributed by atoms with Crippen LogP contribution in [0.2, 0.25) is 0 Å². The normalized spacial score (nSPS) is 29.8. The zero-order chi connectivity index (χ0) is 11.2. The maximum Gasteiger partial charge on any atom is 0.410 e. The summed E-state index contributed by atoms with van der Waals surface area (Å²) < 4.78 is 5.26. The Morgan fingerprint density at radius 3 is 2.47 bits per heavy atom. The second-order valence-corrected chi connectivity index (χ2v) is 5.33. The summed E-state index contributed by atoms with van der Waals surface area (Å²) >= 11 is 0. The fourth-order valence-corrected chi connectivity index (χ4v) is 2.29. The summed E-state index contributed by atoms with van der Waals surface area (Å²) in [6.07, 6.45) is 1.40. The van der Waals surface area contributed by atoms with E-state index in [2.05, 4.69) is 0 Å². The van der Waals surface area contributed by atoms with Gasteiger partial charge in [-0.3, -0.25) is 9.69 Å². The molecule has 84 valence electrons. The van der Waals surface area contributed by atoms with Gasteiger partial charge in [0.1, 0.15) is 5.60 Å². The van der Waals surface area contributed by atoms with Gasteiger partial charge in [-0.25, -0.2) is 4.79 Å². The summed E-state index contributed by atoms with van der Waals surface area (Å²) in [5.41, 5.74) is -0.484. The van der Waals surface area contributed by atoms with Crippen molar-refractivity contribution in [3.63, 3.8) is 0 Å². The van der Waals surface area contributed by atoms with Crippen molar-refractivity contribution in [2.75, 3.05) is 6.54 Å². The van der Waals surface area contributed by atoms with E-state index in [0.29, 0.717) is 6.54 Å². The van der Waals surface area contributed by atoms with Gasteiger partial charge in [0, 0.05) is 12.5 Å². The smallest absolute Gasteiger partial charge is 0.410 e. The highest BCUT2D eigenvalue weighted by molar-refractivity contribution is 5.94. The largest absolute Gasteiger partial charge is 0.444 e. The number of likely N-dealkylation sites (tertiary alicyclic amines) is 1. The van der Waals surface area contributed by atoms with Crippen molar-refractivity contribution in [3.05, 3.63) is 0 Å². The predicted octanol–water partition coefficient (Wildman–Crippen LogP) is 1.58. The summed E-state index contributed by atoms with van der Waals surface area (Å²) in [5, 5.41) is 0. The fourth-order valence-electron chi connectivity index (χ4n) is 2.29. The lowest BCUT2D eigenvalue weighted by Crippen LogP contribution is -2.42. The third kappa shape index (κ3) is 1.85. The second-order valence-electron chi connectivity index (χ2n) is 5.33. The molecule has 15 heavy (non-hydrogen) atoms. The van der Waals surface area contributed by atoms with Gasteiger partial charge in [-0.2, -0.15) is 0 Å². The third-order valence-corrected chi connectivity index (χ3v) is 2.94. The lowest BCUT2D eigenvalue weighted by Gasteiger charge is -2.29. The van der Waals surface area contributed by atoms with Crippen LogP contribution < -0.4 is 0 Å². The van der Waals surface area contributed by atoms with E-state index in [9.17, 15) is 9.59 Å². The number of carbonyl (C=O) groups excluding carboxylic acids is 2.